The number of amides is 3. The number of nitrogens with one attached hydrogen (secondary N) is 1. The Kier molecular flexibility index (Phi) is 10.0. The van der Waals surface area contributed by atoms with E-state index in [9.17, 15) is 14.4 Å². The minimum Gasteiger partial charge on any atom is -0.492 e. The smallest absolute Gasteiger partial charge is 0.255 e. The number of imide groups is 1. The third-order valence-corrected chi connectivity index (χ3v) is 10.4. The maximum atomic E-state index is 13.0. The number of benzene rings is 2. The molecule has 0 spiro atoms. The summed E-state index contributed by atoms with van der Waals surface area (Å²) in [4.78, 5) is 46.3. The van der Waals surface area contributed by atoms with Gasteiger partial charge in [0.05, 0.1) is 0 Å². The van der Waals surface area contributed by atoms with Crippen LogP contribution in [0.15, 0.2) is 42.5 Å². The second kappa shape index (κ2) is 14.3. The standard InChI is InChI=1S/C36H49N5O4/c1-3-26(4-2)22-38-17-19-39(20-18-38)29-10-8-27(9-11-29)23-40-16-6-5-7-30(40)25-45-31-12-13-32-28(21-31)24-41(36(32)44)33-14-15-34(42)37-35(33)43/h8-13,21,26,30,33H,3-7,14-20,22-25H2,1-2H3,(H,37,42,43). The highest BCUT2D eigenvalue weighted by atomic mass is 16.5. The molecule has 1 N–H and O–H groups in total. The first kappa shape index (κ1) is 31.5. The predicted octanol–water partition coefficient (Wildman–Crippen LogP) is 4.44. The highest BCUT2D eigenvalue weighted by Crippen LogP contribution is 2.31. The van der Waals surface area contributed by atoms with E-state index in [0.717, 1.165) is 62.9 Å². The summed E-state index contributed by atoms with van der Waals surface area (Å²) in [5, 5.41) is 2.37. The Morgan fingerprint density at radius 2 is 1.69 bits per heavy atom. The minimum atomic E-state index is -0.605. The number of anilines is 1. The Morgan fingerprint density at radius 1 is 0.911 bits per heavy atom. The lowest BCUT2D eigenvalue weighted by Gasteiger charge is -2.38. The van der Waals surface area contributed by atoms with Crippen molar-refractivity contribution >= 4 is 23.4 Å². The summed E-state index contributed by atoms with van der Waals surface area (Å²) in [5.74, 6) is 0.747. The van der Waals surface area contributed by atoms with Crippen LogP contribution in [0.4, 0.5) is 5.69 Å². The number of carbonyl (C=O) groups excluding carboxylic acids is 3. The molecular formula is C36H49N5O4. The molecule has 2 aromatic carbocycles. The molecule has 3 amide bonds. The fraction of sp³-hybridized carbons (Fsp3) is 0.583. The van der Waals surface area contributed by atoms with Gasteiger partial charge in [0.1, 0.15) is 18.4 Å². The molecule has 0 bridgehead atoms. The van der Waals surface area contributed by atoms with Crippen molar-refractivity contribution < 1.29 is 19.1 Å². The van der Waals surface area contributed by atoms with Gasteiger partial charge in [0.15, 0.2) is 0 Å². The summed E-state index contributed by atoms with van der Waals surface area (Å²) >= 11 is 0. The van der Waals surface area contributed by atoms with E-state index in [0.29, 0.717) is 31.2 Å². The summed E-state index contributed by atoms with van der Waals surface area (Å²) in [6, 6.07) is 14.5. The fourth-order valence-corrected chi connectivity index (χ4v) is 7.44. The third kappa shape index (κ3) is 7.36. The second-order valence-corrected chi connectivity index (χ2v) is 13.3. The average Bonchev–Trinajstić information content (AvgIpc) is 3.38. The van der Waals surface area contributed by atoms with Crippen LogP contribution in [0.3, 0.4) is 0 Å². The van der Waals surface area contributed by atoms with E-state index in [1.165, 1.54) is 43.5 Å². The average molecular weight is 616 g/mol. The maximum absolute atomic E-state index is 13.0. The number of likely N-dealkylation sites (tertiary alicyclic amines) is 1. The molecule has 4 aliphatic rings. The van der Waals surface area contributed by atoms with Crippen LogP contribution in [0.1, 0.15) is 80.3 Å². The molecule has 45 heavy (non-hydrogen) atoms. The summed E-state index contributed by atoms with van der Waals surface area (Å²) in [6.45, 7) is 13.3. The van der Waals surface area contributed by atoms with Crippen molar-refractivity contribution in [2.75, 3.05) is 50.8 Å². The van der Waals surface area contributed by atoms with E-state index in [1.54, 1.807) is 4.90 Å². The molecule has 4 aliphatic heterocycles. The molecule has 0 aromatic heterocycles. The van der Waals surface area contributed by atoms with Crippen molar-refractivity contribution in [3.05, 3.63) is 59.2 Å². The van der Waals surface area contributed by atoms with Crippen LogP contribution in [0.5, 0.6) is 5.75 Å². The van der Waals surface area contributed by atoms with Crippen molar-refractivity contribution in [2.24, 2.45) is 5.92 Å². The Hall–Kier alpha value is -3.43. The van der Waals surface area contributed by atoms with Crippen LogP contribution in [-0.4, -0.2) is 90.4 Å². The molecular weight excluding hydrogens is 566 g/mol. The van der Waals surface area contributed by atoms with Crippen molar-refractivity contribution in [1.29, 1.82) is 0 Å². The van der Waals surface area contributed by atoms with Gasteiger partial charge in [-0.3, -0.25) is 29.5 Å². The topological polar surface area (TPSA) is 85.4 Å². The van der Waals surface area contributed by atoms with Gasteiger partial charge >= 0.3 is 0 Å². The van der Waals surface area contributed by atoms with E-state index in [1.807, 2.05) is 18.2 Å². The number of fused-ring (bicyclic) bond motifs is 1. The van der Waals surface area contributed by atoms with Gasteiger partial charge in [-0.1, -0.05) is 45.2 Å². The van der Waals surface area contributed by atoms with E-state index in [-0.39, 0.29) is 24.1 Å². The van der Waals surface area contributed by atoms with Gasteiger partial charge in [-0.15, -0.1) is 0 Å². The zero-order chi connectivity index (χ0) is 31.3. The number of ether oxygens (including phenoxy) is 1. The van der Waals surface area contributed by atoms with Crippen LogP contribution < -0.4 is 15.0 Å². The third-order valence-electron chi connectivity index (χ3n) is 10.4. The van der Waals surface area contributed by atoms with Gasteiger partial charge in [-0.25, -0.2) is 0 Å². The van der Waals surface area contributed by atoms with Crippen LogP contribution in [-0.2, 0) is 22.7 Å². The number of piperazine rings is 1. The van der Waals surface area contributed by atoms with Gasteiger partial charge in [-0.2, -0.15) is 0 Å². The van der Waals surface area contributed by atoms with Gasteiger partial charge < -0.3 is 14.5 Å². The van der Waals surface area contributed by atoms with Gasteiger partial charge in [0.2, 0.25) is 11.8 Å². The lowest BCUT2D eigenvalue weighted by molar-refractivity contribution is -0.136. The summed E-state index contributed by atoms with van der Waals surface area (Å²) < 4.78 is 6.33. The van der Waals surface area contributed by atoms with Gasteiger partial charge in [0.25, 0.3) is 5.91 Å². The lowest BCUT2D eigenvalue weighted by Crippen LogP contribution is -2.52. The molecule has 0 radical (unpaired) electrons. The van der Waals surface area contributed by atoms with E-state index < -0.39 is 6.04 Å². The molecule has 3 fully saturated rings. The molecule has 0 aliphatic carbocycles. The number of rotatable bonds is 11. The van der Waals surface area contributed by atoms with E-state index in [2.05, 4.69) is 58.1 Å². The molecule has 2 unspecified atom stereocenters. The molecule has 6 rings (SSSR count). The number of piperidine rings is 2. The van der Waals surface area contributed by atoms with Crippen molar-refractivity contribution in [3.63, 3.8) is 0 Å². The fourth-order valence-electron chi connectivity index (χ4n) is 7.44. The molecule has 9 nitrogen and oxygen atoms in total. The highest BCUT2D eigenvalue weighted by Gasteiger charge is 2.39. The second-order valence-electron chi connectivity index (χ2n) is 13.3. The summed E-state index contributed by atoms with van der Waals surface area (Å²) in [7, 11) is 0. The Morgan fingerprint density at radius 3 is 2.42 bits per heavy atom. The number of nitrogens with zero attached hydrogens (tertiary/aromatic N) is 4. The lowest BCUT2D eigenvalue weighted by atomic mass is 10.0. The molecule has 4 heterocycles. The zero-order valence-electron chi connectivity index (χ0n) is 27.0. The Bertz CT molecular complexity index is 1350. The number of hydrogen-bond acceptors (Lipinski definition) is 7. The first-order chi connectivity index (χ1) is 21.9. The normalized spacial score (nSPS) is 23.0. The molecule has 9 heteroatoms. The molecule has 0 saturated carbocycles. The number of carbonyl (C=O) groups is 3. The minimum absolute atomic E-state index is 0.158. The monoisotopic (exact) mass is 615 g/mol. The van der Waals surface area contributed by atoms with Crippen LogP contribution in [0, 0.1) is 5.92 Å². The van der Waals surface area contributed by atoms with Crippen LogP contribution >= 0.6 is 0 Å². The van der Waals surface area contributed by atoms with E-state index in [4.69, 9.17) is 4.74 Å². The first-order valence-electron chi connectivity index (χ1n) is 17.1. The molecule has 3 saturated heterocycles. The largest absolute Gasteiger partial charge is 0.492 e. The number of hydrogen-bond donors (Lipinski definition) is 1. The molecule has 242 valence electrons. The SMILES string of the molecule is CCC(CC)CN1CCN(c2ccc(CN3CCCCC3COc3ccc4c(c3)CN(C3CCC(=O)NC3=O)C4=O)cc2)CC1. The van der Waals surface area contributed by atoms with Crippen molar-refractivity contribution in [2.45, 2.75) is 84.0 Å². The van der Waals surface area contributed by atoms with E-state index >= 15 is 0 Å². The van der Waals surface area contributed by atoms with Gasteiger partial charge in [0, 0.05) is 69.5 Å². The Labute approximate surface area is 267 Å². The first-order valence-corrected chi connectivity index (χ1v) is 17.1. The summed E-state index contributed by atoms with van der Waals surface area (Å²) in [5.41, 5.74) is 4.14. The quantitative estimate of drug-likeness (QED) is 0.374. The van der Waals surface area contributed by atoms with Crippen molar-refractivity contribution in [3.8, 4) is 5.75 Å². The maximum Gasteiger partial charge on any atom is 0.255 e. The zero-order valence-corrected chi connectivity index (χ0v) is 27.0. The molecule has 2 aromatic rings. The van der Waals surface area contributed by atoms with Crippen LogP contribution in [0.2, 0.25) is 0 Å². The highest BCUT2D eigenvalue weighted by molar-refractivity contribution is 6.05. The molecule has 2 atom stereocenters. The predicted molar refractivity (Wildman–Crippen MR) is 175 cm³/mol. The van der Waals surface area contributed by atoms with Crippen LogP contribution in [0.25, 0.3) is 0 Å². The van der Waals surface area contributed by atoms with Crippen molar-refractivity contribution in [1.82, 2.24) is 20.0 Å². The van der Waals surface area contributed by atoms with Gasteiger partial charge in [-0.05, 0) is 73.2 Å². The Balaban J connectivity index is 1.01. The summed E-state index contributed by atoms with van der Waals surface area (Å²) in [6.07, 6.45) is 6.66.